The molecule has 0 atom stereocenters. The molecule has 0 spiro atoms. The SMILES string of the molecule is O=C(Cn1cnc2ccccc21)Nc1nc2c(s1)CN(S(=O)(=O)C1CC1)CC2. The maximum absolute atomic E-state index is 12.5. The van der Waals surface area contributed by atoms with Crippen LogP contribution in [-0.4, -0.2) is 45.0 Å². The highest BCUT2D eigenvalue weighted by atomic mass is 32.2. The lowest BCUT2D eigenvalue weighted by Gasteiger charge is -2.25. The maximum atomic E-state index is 12.5. The van der Waals surface area contributed by atoms with Gasteiger partial charge in [-0.1, -0.05) is 12.1 Å². The van der Waals surface area contributed by atoms with Crippen molar-refractivity contribution >= 4 is 43.4 Å². The van der Waals surface area contributed by atoms with E-state index in [0.29, 0.717) is 24.6 Å². The van der Waals surface area contributed by atoms with Crippen LogP contribution in [0.4, 0.5) is 5.13 Å². The highest BCUT2D eigenvalue weighted by Gasteiger charge is 2.41. The lowest BCUT2D eigenvalue weighted by molar-refractivity contribution is -0.116. The topological polar surface area (TPSA) is 97.2 Å². The highest BCUT2D eigenvalue weighted by molar-refractivity contribution is 7.90. The summed E-state index contributed by atoms with van der Waals surface area (Å²) in [4.78, 5) is 22.2. The van der Waals surface area contributed by atoms with Crippen molar-refractivity contribution in [2.75, 3.05) is 11.9 Å². The van der Waals surface area contributed by atoms with Crippen molar-refractivity contribution < 1.29 is 13.2 Å². The molecule has 10 heteroatoms. The first-order valence-corrected chi connectivity index (χ1v) is 11.5. The van der Waals surface area contributed by atoms with Crippen LogP contribution in [0.5, 0.6) is 0 Å². The first kappa shape index (κ1) is 17.8. The maximum Gasteiger partial charge on any atom is 0.246 e. The van der Waals surface area contributed by atoms with Crippen LogP contribution >= 0.6 is 11.3 Å². The molecule has 3 aromatic rings. The third-order valence-electron chi connectivity index (χ3n) is 5.09. The van der Waals surface area contributed by atoms with Crippen LogP contribution in [0.1, 0.15) is 23.4 Å². The molecule has 0 bridgehead atoms. The number of nitrogens with one attached hydrogen (secondary N) is 1. The fourth-order valence-electron chi connectivity index (χ4n) is 3.47. The Labute approximate surface area is 166 Å². The minimum atomic E-state index is -3.19. The van der Waals surface area contributed by atoms with E-state index < -0.39 is 10.0 Å². The molecule has 3 heterocycles. The molecule has 1 aliphatic heterocycles. The summed E-state index contributed by atoms with van der Waals surface area (Å²) in [5.41, 5.74) is 2.63. The van der Waals surface area contributed by atoms with Crippen molar-refractivity contribution in [1.82, 2.24) is 18.8 Å². The predicted molar refractivity (Wildman–Crippen MR) is 107 cm³/mol. The highest BCUT2D eigenvalue weighted by Crippen LogP contribution is 2.35. The Morgan fingerprint density at radius 3 is 2.93 bits per heavy atom. The number of carbonyl (C=O) groups is 1. The number of thiazole rings is 1. The van der Waals surface area contributed by atoms with Gasteiger partial charge in [0, 0.05) is 24.4 Å². The molecule has 1 aromatic carbocycles. The van der Waals surface area contributed by atoms with Gasteiger partial charge in [0.15, 0.2) is 5.13 Å². The molecule has 2 aliphatic rings. The van der Waals surface area contributed by atoms with Gasteiger partial charge in [-0.25, -0.2) is 18.4 Å². The second-order valence-electron chi connectivity index (χ2n) is 7.13. The van der Waals surface area contributed by atoms with E-state index in [0.717, 1.165) is 34.4 Å². The molecule has 0 radical (unpaired) electrons. The van der Waals surface area contributed by atoms with E-state index in [4.69, 9.17) is 0 Å². The van der Waals surface area contributed by atoms with Crippen LogP contribution in [-0.2, 0) is 34.3 Å². The molecular weight excluding hydrogens is 398 g/mol. The molecule has 5 rings (SSSR count). The number of hydrogen-bond donors (Lipinski definition) is 1. The standard InChI is InChI=1S/C18H19N5O3S2/c24-17(10-22-11-19-13-3-1-2-4-15(13)22)21-18-20-14-7-8-23(9-16(14)27-18)28(25,26)12-5-6-12/h1-4,11-12H,5-10H2,(H,20,21,24). The van der Waals surface area contributed by atoms with E-state index in [1.165, 1.54) is 11.3 Å². The van der Waals surface area contributed by atoms with Crippen molar-refractivity contribution in [3.63, 3.8) is 0 Å². The number of rotatable bonds is 5. The lowest BCUT2D eigenvalue weighted by Crippen LogP contribution is -2.37. The van der Waals surface area contributed by atoms with Gasteiger partial charge < -0.3 is 9.88 Å². The zero-order valence-electron chi connectivity index (χ0n) is 15.0. The molecule has 28 heavy (non-hydrogen) atoms. The molecule has 8 nitrogen and oxygen atoms in total. The van der Waals surface area contributed by atoms with Gasteiger partial charge in [-0.05, 0) is 25.0 Å². The summed E-state index contributed by atoms with van der Waals surface area (Å²) in [7, 11) is -3.19. The number of para-hydroxylation sites is 2. The van der Waals surface area contributed by atoms with E-state index in [9.17, 15) is 13.2 Å². The summed E-state index contributed by atoms with van der Waals surface area (Å²) in [6, 6.07) is 7.65. The minimum Gasteiger partial charge on any atom is -0.321 e. The Bertz CT molecular complexity index is 1160. The molecule has 1 N–H and O–H groups in total. The van der Waals surface area contributed by atoms with Crippen LogP contribution in [0, 0.1) is 0 Å². The minimum absolute atomic E-state index is 0.146. The summed E-state index contributed by atoms with van der Waals surface area (Å²) < 4.78 is 28.3. The van der Waals surface area contributed by atoms with E-state index in [2.05, 4.69) is 15.3 Å². The molecule has 1 aliphatic carbocycles. The predicted octanol–water partition coefficient (Wildman–Crippen LogP) is 1.98. The zero-order valence-corrected chi connectivity index (χ0v) is 16.7. The number of carbonyl (C=O) groups excluding carboxylic acids is 1. The van der Waals surface area contributed by atoms with Crippen molar-refractivity contribution in [2.45, 2.75) is 37.6 Å². The third kappa shape index (κ3) is 3.21. The van der Waals surface area contributed by atoms with Crippen LogP contribution in [0.2, 0.25) is 0 Å². The zero-order chi connectivity index (χ0) is 19.3. The monoisotopic (exact) mass is 417 g/mol. The quantitative estimate of drug-likeness (QED) is 0.685. The van der Waals surface area contributed by atoms with Crippen molar-refractivity contribution in [3.05, 3.63) is 41.2 Å². The summed E-state index contributed by atoms with van der Waals surface area (Å²) in [6.07, 6.45) is 3.76. The number of benzene rings is 1. The summed E-state index contributed by atoms with van der Waals surface area (Å²) in [5, 5.41) is 3.16. The summed E-state index contributed by atoms with van der Waals surface area (Å²) >= 11 is 1.36. The van der Waals surface area contributed by atoms with Gasteiger partial charge in [0.1, 0.15) is 6.54 Å². The third-order valence-corrected chi connectivity index (χ3v) is 8.43. The average Bonchev–Trinajstić information content (AvgIpc) is 3.36. The van der Waals surface area contributed by atoms with E-state index in [1.54, 1.807) is 15.2 Å². The van der Waals surface area contributed by atoms with Crippen molar-refractivity contribution in [1.29, 1.82) is 0 Å². The molecule has 1 amide bonds. The second-order valence-corrected chi connectivity index (χ2v) is 10.4. The molecule has 1 saturated carbocycles. The Morgan fingerprint density at radius 2 is 2.11 bits per heavy atom. The Morgan fingerprint density at radius 1 is 1.29 bits per heavy atom. The molecule has 1 fully saturated rings. The van der Waals surface area contributed by atoms with Gasteiger partial charge in [0.05, 0.1) is 28.3 Å². The van der Waals surface area contributed by atoms with Crippen LogP contribution in [0.3, 0.4) is 0 Å². The first-order valence-electron chi connectivity index (χ1n) is 9.18. The second kappa shape index (κ2) is 6.64. The van der Waals surface area contributed by atoms with Gasteiger partial charge in [-0.2, -0.15) is 4.31 Å². The van der Waals surface area contributed by atoms with Gasteiger partial charge in [-0.3, -0.25) is 4.79 Å². The molecular formula is C18H19N5O3S2. The number of imidazole rings is 1. The molecule has 0 saturated heterocycles. The smallest absolute Gasteiger partial charge is 0.246 e. The fourth-order valence-corrected chi connectivity index (χ4v) is 6.40. The largest absolute Gasteiger partial charge is 0.321 e. The Hall–Kier alpha value is -2.30. The van der Waals surface area contributed by atoms with E-state index >= 15 is 0 Å². The van der Waals surface area contributed by atoms with Crippen LogP contribution in [0.15, 0.2) is 30.6 Å². The van der Waals surface area contributed by atoms with Crippen molar-refractivity contribution in [2.24, 2.45) is 0 Å². The number of nitrogens with zero attached hydrogens (tertiary/aromatic N) is 4. The summed E-state index contributed by atoms with van der Waals surface area (Å²) in [6.45, 7) is 0.963. The van der Waals surface area contributed by atoms with Crippen molar-refractivity contribution in [3.8, 4) is 0 Å². The molecule has 2 aromatic heterocycles. The number of anilines is 1. The number of aromatic nitrogens is 3. The van der Waals surface area contributed by atoms with Crippen LogP contribution < -0.4 is 5.32 Å². The number of amides is 1. The van der Waals surface area contributed by atoms with Gasteiger partial charge >= 0.3 is 0 Å². The normalized spacial score (nSPS) is 17.6. The Kier molecular flexibility index (Phi) is 4.22. The molecule has 146 valence electrons. The fraction of sp³-hybridized carbons (Fsp3) is 0.389. The lowest BCUT2D eigenvalue weighted by atomic mass is 10.2. The van der Waals surface area contributed by atoms with E-state index in [-0.39, 0.29) is 17.7 Å². The number of fused-ring (bicyclic) bond motifs is 2. The van der Waals surface area contributed by atoms with Crippen LogP contribution in [0.25, 0.3) is 11.0 Å². The number of hydrogen-bond acceptors (Lipinski definition) is 6. The van der Waals surface area contributed by atoms with Gasteiger partial charge in [0.25, 0.3) is 0 Å². The average molecular weight is 418 g/mol. The van der Waals surface area contributed by atoms with E-state index in [1.807, 2.05) is 24.3 Å². The number of sulfonamides is 1. The first-order chi connectivity index (χ1) is 13.5. The van der Waals surface area contributed by atoms with Gasteiger partial charge in [0.2, 0.25) is 15.9 Å². The molecule has 0 unspecified atom stereocenters. The van der Waals surface area contributed by atoms with Gasteiger partial charge in [-0.15, -0.1) is 11.3 Å². The Balaban J connectivity index is 1.28. The summed E-state index contributed by atoms with van der Waals surface area (Å²) in [5.74, 6) is -0.184.